The maximum absolute atomic E-state index is 12.4. The van der Waals surface area contributed by atoms with Crippen molar-refractivity contribution in [1.29, 1.82) is 0 Å². The molecule has 4 N–H and O–H groups in total. The van der Waals surface area contributed by atoms with Crippen LogP contribution in [0.4, 0.5) is 5.82 Å². The molecule has 1 saturated heterocycles. The van der Waals surface area contributed by atoms with Crippen molar-refractivity contribution < 1.29 is 24.9 Å². The summed E-state index contributed by atoms with van der Waals surface area (Å²) in [6, 6.07) is 1.85. The second-order valence-electron chi connectivity index (χ2n) is 6.87. The van der Waals surface area contributed by atoms with Crippen molar-refractivity contribution in [3.8, 4) is 11.1 Å². The molecule has 10 heteroatoms. The summed E-state index contributed by atoms with van der Waals surface area (Å²) in [6.07, 6.45) is -0.0990. The highest BCUT2D eigenvalue weighted by atomic mass is 32.1. The van der Waals surface area contributed by atoms with E-state index >= 15 is 0 Å². The average molecular weight is 388 g/mol. The first-order valence-corrected chi connectivity index (χ1v) is 9.23. The molecule has 0 aromatic carbocycles. The summed E-state index contributed by atoms with van der Waals surface area (Å²) in [5, 5.41) is 35.9. The van der Waals surface area contributed by atoms with Crippen LogP contribution in [-0.2, 0) is 4.74 Å². The van der Waals surface area contributed by atoms with Crippen LogP contribution in [0.1, 0.15) is 22.8 Å². The normalized spacial score (nSPS) is 29.6. The van der Waals surface area contributed by atoms with Crippen LogP contribution in [-0.4, -0.2) is 60.2 Å². The molecule has 0 radical (unpaired) electrons. The highest BCUT2D eigenvalue weighted by Crippen LogP contribution is 2.45. The Labute approximate surface area is 156 Å². The number of carbonyl (C=O) groups is 1. The molecular weight excluding hydrogens is 372 g/mol. The number of ether oxygens (including phenoxy) is 1. The second-order valence-corrected chi connectivity index (χ2v) is 7.78. The Kier molecular flexibility index (Phi) is 3.46. The zero-order chi connectivity index (χ0) is 18.9. The van der Waals surface area contributed by atoms with Crippen LogP contribution in [0.2, 0.25) is 0 Å². The quantitative estimate of drug-likeness (QED) is 0.509. The summed E-state index contributed by atoms with van der Waals surface area (Å²) in [4.78, 5) is 21.5. The molecule has 2 aliphatic heterocycles. The molecule has 0 aliphatic carbocycles. The number of anilines is 1. The minimum atomic E-state index is -1.65. The monoisotopic (exact) mass is 388 g/mol. The standard InChI is InChI=1S/C17H16N4O5S/c1-17(25)12(23)9(5-22)26-16(17)21-4-8-7-2-3-27-11(7)15(24)20-13-10(8)14(21)19-6-18-13/h2-4,6,9,12,16,22-23,25H,5H2,1H3,(H,18,19,20,24)/t9-,12-,16?,17?/m1/s1. The summed E-state index contributed by atoms with van der Waals surface area (Å²) in [5.74, 6) is 0.140. The van der Waals surface area contributed by atoms with E-state index in [1.54, 1.807) is 10.8 Å². The van der Waals surface area contributed by atoms with Crippen LogP contribution in [0.25, 0.3) is 22.2 Å². The van der Waals surface area contributed by atoms with Gasteiger partial charge in [-0.1, -0.05) is 0 Å². The van der Waals surface area contributed by atoms with Gasteiger partial charge in [-0.05, 0) is 18.4 Å². The minimum absolute atomic E-state index is 0.234. The first kappa shape index (κ1) is 16.8. The maximum Gasteiger partial charge on any atom is 0.267 e. The fraction of sp³-hybridized carbons (Fsp3) is 0.353. The van der Waals surface area contributed by atoms with Gasteiger partial charge in [-0.25, -0.2) is 9.97 Å². The number of amides is 1. The lowest BCUT2D eigenvalue weighted by atomic mass is 9.96. The Morgan fingerprint density at radius 2 is 2.22 bits per heavy atom. The minimum Gasteiger partial charge on any atom is -0.394 e. The average Bonchev–Trinajstić information content (AvgIpc) is 3.29. The van der Waals surface area contributed by atoms with Gasteiger partial charge in [0, 0.05) is 17.3 Å². The fourth-order valence-electron chi connectivity index (χ4n) is 3.81. The van der Waals surface area contributed by atoms with Crippen molar-refractivity contribution in [2.24, 2.45) is 0 Å². The first-order chi connectivity index (χ1) is 12.9. The topological polar surface area (TPSA) is 130 Å². The molecular formula is C17H16N4O5S. The van der Waals surface area contributed by atoms with E-state index < -0.39 is 30.6 Å². The molecule has 0 saturated carbocycles. The van der Waals surface area contributed by atoms with E-state index in [1.165, 1.54) is 24.6 Å². The third-order valence-electron chi connectivity index (χ3n) is 5.19. The molecule has 4 atom stereocenters. The number of nitrogens with one attached hydrogen (secondary N) is 1. The van der Waals surface area contributed by atoms with Crippen LogP contribution in [0.15, 0.2) is 24.0 Å². The Morgan fingerprint density at radius 1 is 1.41 bits per heavy atom. The van der Waals surface area contributed by atoms with Crippen LogP contribution in [0, 0.1) is 0 Å². The van der Waals surface area contributed by atoms with Crippen molar-refractivity contribution in [2.75, 3.05) is 11.9 Å². The lowest BCUT2D eigenvalue weighted by molar-refractivity contribution is -0.0948. The number of thiophene rings is 1. The number of hydrogen-bond donors (Lipinski definition) is 4. The number of nitrogens with zero attached hydrogens (tertiary/aromatic N) is 3. The molecule has 140 valence electrons. The van der Waals surface area contributed by atoms with Gasteiger partial charge >= 0.3 is 0 Å². The molecule has 2 unspecified atom stereocenters. The van der Waals surface area contributed by atoms with Crippen LogP contribution < -0.4 is 5.32 Å². The molecule has 1 amide bonds. The van der Waals surface area contributed by atoms with Gasteiger partial charge in [0.15, 0.2) is 6.23 Å². The Bertz CT molecular complexity index is 1070. The van der Waals surface area contributed by atoms with E-state index in [2.05, 4.69) is 15.3 Å². The molecule has 3 aromatic heterocycles. The predicted molar refractivity (Wildman–Crippen MR) is 96.4 cm³/mol. The SMILES string of the molecule is CC1(O)C(n2cc3c4c(ncnc42)NC(=O)c2sccc2-3)O[C@H](CO)[C@H]1O. The van der Waals surface area contributed by atoms with Crippen molar-refractivity contribution >= 4 is 34.1 Å². The Balaban J connectivity index is 1.77. The van der Waals surface area contributed by atoms with Crippen LogP contribution >= 0.6 is 11.3 Å². The number of aliphatic hydroxyl groups is 3. The van der Waals surface area contributed by atoms with Gasteiger partial charge in [-0.15, -0.1) is 11.3 Å². The van der Waals surface area contributed by atoms with E-state index in [9.17, 15) is 20.1 Å². The number of aliphatic hydroxyl groups excluding tert-OH is 2. The van der Waals surface area contributed by atoms with Crippen LogP contribution in [0.5, 0.6) is 0 Å². The zero-order valence-electron chi connectivity index (χ0n) is 14.2. The summed E-state index contributed by atoms with van der Waals surface area (Å²) >= 11 is 1.32. The molecule has 3 aromatic rings. The highest BCUT2D eigenvalue weighted by molar-refractivity contribution is 7.12. The second kappa shape index (κ2) is 5.57. The summed E-state index contributed by atoms with van der Waals surface area (Å²) in [5.41, 5.74) is 0.278. The van der Waals surface area contributed by atoms with Gasteiger partial charge in [0.2, 0.25) is 0 Å². The molecule has 5 heterocycles. The Morgan fingerprint density at radius 3 is 2.96 bits per heavy atom. The molecule has 2 aliphatic rings. The molecule has 5 rings (SSSR count). The number of aromatic nitrogens is 3. The number of rotatable bonds is 2. The predicted octanol–water partition coefficient (Wildman–Crippen LogP) is 0.727. The molecule has 1 fully saturated rings. The molecule has 0 bridgehead atoms. The van der Waals surface area contributed by atoms with Crippen molar-refractivity contribution in [2.45, 2.75) is 31.0 Å². The van der Waals surface area contributed by atoms with Crippen LogP contribution in [0.3, 0.4) is 0 Å². The highest BCUT2D eigenvalue weighted by Gasteiger charge is 2.53. The molecule has 27 heavy (non-hydrogen) atoms. The Hall–Kier alpha value is -2.37. The van der Waals surface area contributed by atoms with Crippen molar-refractivity contribution in [1.82, 2.24) is 14.5 Å². The van der Waals surface area contributed by atoms with E-state index in [0.29, 0.717) is 21.7 Å². The van der Waals surface area contributed by atoms with Gasteiger partial charge in [0.05, 0.1) is 12.0 Å². The summed E-state index contributed by atoms with van der Waals surface area (Å²) in [7, 11) is 0. The van der Waals surface area contributed by atoms with Gasteiger partial charge < -0.3 is 29.9 Å². The van der Waals surface area contributed by atoms with Crippen molar-refractivity contribution in [3.05, 3.63) is 28.8 Å². The van der Waals surface area contributed by atoms with Crippen molar-refractivity contribution in [3.63, 3.8) is 0 Å². The first-order valence-electron chi connectivity index (χ1n) is 8.35. The summed E-state index contributed by atoms with van der Waals surface area (Å²) < 4.78 is 7.36. The number of hydrogen-bond acceptors (Lipinski definition) is 8. The maximum atomic E-state index is 12.4. The fourth-order valence-corrected chi connectivity index (χ4v) is 4.62. The summed E-state index contributed by atoms with van der Waals surface area (Å²) in [6.45, 7) is 1.03. The van der Waals surface area contributed by atoms with Gasteiger partial charge in [0.1, 0.15) is 40.5 Å². The largest absolute Gasteiger partial charge is 0.394 e. The smallest absolute Gasteiger partial charge is 0.267 e. The van der Waals surface area contributed by atoms with Gasteiger partial charge in [0.25, 0.3) is 5.91 Å². The van der Waals surface area contributed by atoms with Gasteiger partial charge in [-0.3, -0.25) is 4.79 Å². The molecule has 0 spiro atoms. The third kappa shape index (κ3) is 2.15. The lowest BCUT2D eigenvalue weighted by Crippen LogP contribution is -2.44. The van der Waals surface area contributed by atoms with E-state index in [4.69, 9.17) is 4.74 Å². The lowest BCUT2D eigenvalue weighted by Gasteiger charge is -2.27. The van der Waals surface area contributed by atoms with E-state index in [-0.39, 0.29) is 5.91 Å². The van der Waals surface area contributed by atoms with E-state index in [0.717, 1.165) is 11.1 Å². The van der Waals surface area contributed by atoms with E-state index in [1.807, 2.05) is 11.4 Å². The number of carbonyl (C=O) groups excluding carboxylic acids is 1. The number of fused-ring (bicyclic) bond motifs is 2. The third-order valence-corrected chi connectivity index (χ3v) is 6.10. The molecule has 9 nitrogen and oxygen atoms in total. The zero-order valence-corrected chi connectivity index (χ0v) is 15.0. The van der Waals surface area contributed by atoms with Gasteiger partial charge in [-0.2, -0.15) is 0 Å².